The van der Waals surface area contributed by atoms with Crippen molar-refractivity contribution in [2.24, 2.45) is 0 Å². The molecule has 1 amide bonds. The van der Waals surface area contributed by atoms with Gasteiger partial charge in [0.25, 0.3) is 5.91 Å². The summed E-state index contributed by atoms with van der Waals surface area (Å²) in [6.07, 6.45) is -1.46. The molecule has 0 bridgehead atoms. The number of anilines is 2. The molecule has 140 valence electrons. The Morgan fingerprint density at radius 3 is 2.63 bits per heavy atom. The molecule has 0 atom stereocenters. The standard InChI is InChI=1S/C17H13F3N4O2S/c18-17(19,20)26-13-5-3-11(4-6-13)8-22-15(25)14-10-27-16(24-14)23-12-2-1-7-21-9-12/h1-7,9-10H,8H2,(H,22,25)(H,23,24). The molecule has 2 heterocycles. The van der Waals surface area contributed by atoms with E-state index in [2.05, 4.69) is 25.3 Å². The lowest BCUT2D eigenvalue weighted by atomic mass is 10.2. The summed E-state index contributed by atoms with van der Waals surface area (Å²) in [5, 5.41) is 7.85. The van der Waals surface area contributed by atoms with Crippen LogP contribution in [-0.4, -0.2) is 22.2 Å². The van der Waals surface area contributed by atoms with Crippen LogP contribution in [0.4, 0.5) is 24.0 Å². The third kappa shape index (κ3) is 5.68. The molecule has 0 fully saturated rings. The number of nitrogens with zero attached hydrogens (tertiary/aromatic N) is 2. The summed E-state index contributed by atoms with van der Waals surface area (Å²) < 4.78 is 40.2. The zero-order valence-corrected chi connectivity index (χ0v) is 14.5. The SMILES string of the molecule is O=C(NCc1ccc(OC(F)(F)F)cc1)c1csc(Nc2cccnc2)n1. The number of amides is 1. The Balaban J connectivity index is 1.53. The van der Waals surface area contributed by atoms with Crippen molar-refractivity contribution in [2.75, 3.05) is 5.32 Å². The molecule has 0 spiro atoms. The molecular weight excluding hydrogens is 381 g/mol. The van der Waals surface area contributed by atoms with Crippen molar-refractivity contribution < 1.29 is 22.7 Å². The molecular formula is C17H13F3N4O2S. The third-order valence-electron chi connectivity index (χ3n) is 3.26. The van der Waals surface area contributed by atoms with E-state index in [1.54, 1.807) is 23.8 Å². The lowest BCUT2D eigenvalue weighted by molar-refractivity contribution is -0.274. The predicted octanol–water partition coefficient (Wildman–Crippen LogP) is 4.11. The summed E-state index contributed by atoms with van der Waals surface area (Å²) in [7, 11) is 0. The first kappa shape index (κ1) is 18.6. The number of rotatable bonds is 6. The average molecular weight is 394 g/mol. The van der Waals surface area contributed by atoms with E-state index in [1.807, 2.05) is 6.07 Å². The number of aromatic nitrogens is 2. The Morgan fingerprint density at radius 2 is 1.96 bits per heavy atom. The van der Waals surface area contributed by atoms with Crippen LogP contribution >= 0.6 is 11.3 Å². The van der Waals surface area contributed by atoms with Gasteiger partial charge < -0.3 is 15.4 Å². The van der Waals surface area contributed by atoms with E-state index >= 15 is 0 Å². The van der Waals surface area contributed by atoms with Gasteiger partial charge in [0.05, 0.1) is 11.9 Å². The van der Waals surface area contributed by atoms with E-state index in [1.165, 1.54) is 35.6 Å². The molecule has 1 aromatic carbocycles. The van der Waals surface area contributed by atoms with Gasteiger partial charge in [0.15, 0.2) is 5.13 Å². The molecule has 0 aliphatic rings. The number of thiazole rings is 1. The summed E-state index contributed by atoms with van der Waals surface area (Å²) in [4.78, 5) is 20.3. The zero-order valence-electron chi connectivity index (χ0n) is 13.7. The first-order chi connectivity index (χ1) is 12.9. The van der Waals surface area contributed by atoms with Gasteiger partial charge in [-0.2, -0.15) is 0 Å². The van der Waals surface area contributed by atoms with Crippen LogP contribution in [0.15, 0.2) is 54.2 Å². The van der Waals surface area contributed by atoms with Gasteiger partial charge >= 0.3 is 6.36 Å². The van der Waals surface area contributed by atoms with Crippen LogP contribution in [0.3, 0.4) is 0 Å². The van der Waals surface area contributed by atoms with Crippen LogP contribution in [-0.2, 0) is 6.54 Å². The van der Waals surface area contributed by atoms with E-state index in [4.69, 9.17) is 0 Å². The Labute approximate surface area is 156 Å². The van der Waals surface area contributed by atoms with E-state index in [0.29, 0.717) is 10.7 Å². The number of benzene rings is 1. The molecule has 0 unspecified atom stereocenters. The van der Waals surface area contributed by atoms with Crippen LogP contribution < -0.4 is 15.4 Å². The van der Waals surface area contributed by atoms with Crippen molar-refractivity contribution in [2.45, 2.75) is 12.9 Å². The Bertz CT molecular complexity index is 899. The molecule has 0 aliphatic heterocycles. The summed E-state index contributed by atoms with van der Waals surface area (Å²) in [5.74, 6) is -0.704. The van der Waals surface area contributed by atoms with Gasteiger partial charge in [0.2, 0.25) is 0 Å². The summed E-state index contributed by atoms with van der Waals surface area (Å²) in [5.41, 5.74) is 1.62. The fourth-order valence-corrected chi connectivity index (χ4v) is 2.79. The highest BCUT2D eigenvalue weighted by atomic mass is 32.1. The van der Waals surface area contributed by atoms with Gasteiger partial charge in [0.1, 0.15) is 11.4 Å². The number of hydrogen-bond donors (Lipinski definition) is 2. The summed E-state index contributed by atoms with van der Waals surface area (Å²) in [6, 6.07) is 8.85. The molecule has 0 radical (unpaired) electrons. The van der Waals surface area contributed by atoms with E-state index in [0.717, 1.165) is 5.69 Å². The smallest absolute Gasteiger partial charge is 0.406 e. The van der Waals surface area contributed by atoms with Gasteiger partial charge in [-0.15, -0.1) is 24.5 Å². The van der Waals surface area contributed by atoms with Crippen molar-refractivity contribution in [3.05, 3.63) is 65.4 Å². The van der Waals surface area contributed by atoms with Crippen LogP contribution in [0.2, 0.25) is 0 Å². The van der Waals surface area contributed by atoms with Gasteiger partial charge in [-0.1, -0.05) is 12.1 Å². The highest BCUT2D eigenvalue weighted by molar-refractivity contribution is 7.14. The molecule has 27 heavy (non-hydrogen) atoms. The molecule has 10 heteroatoms. The minimum atomic E-state index is -4.73. The lowest BCUT2D eigenvalue weighted by Crippen LogP contribution is -2.23. The fraction of sp³-hybridized carbons (Fsp3) is 0.118. The largest absolute Gasteiger partial charge is 0.573 e. The number of ether oxygens (including phenoxy) is 1. The molecule has 2 aromatic heterocycles. The minimum Gasteiger partial charge on any atom is -0.406 e. The number of alkyl halides is 3. The lowest BCUT2D eigenvalue weighted by Gasteiger charge is -2.09. The van der Waals surface area contributed by atoms with Crippen molar-refractivity contribution in [3.8, 4) is 5.75 Å². The molecule has 0 saturated carbocycles. The van der Waals surface area contributed by atoms with Crippen molar-refractivity contribution in [3.63, 3.8) is 0 Å². The van der Waals surface area contributed by atoms with Gasteiger partial charge in [-0.05, 0) is 29.8 Å². The van der Waals surface area contributed by atoms with Gasteiger partial charge in [0, 0.05) is 18.1 Å². The number of pyridine rings is 1. The van der Waals surface area contributed by atoms with Crippen LogP contribution in [0, 0.1) is 0 Å². The number of carbonyl (C=O) groups is 1. The normalized spacial score (nSPS) is 11.1. The minimum absolute atomic E-state index is 0.147. The highest BCUT2D eigenvalue weighted by Crippen LogP contribution is 2.23. The molecule has 3 aromatic rings. The maximum atomic E-state index is 12.2. The second-order valence-electron chi connectivity index (χ2n) is 5.28. The molecule has 2 N–H and O–H groups in total. The number of halogens is 3. The maximum absolute atomic E-state index is 12.2. The summed E-state index contributed by atoms with van der Waals surface area (Å²) >= 11 is 1.27. The first-order valence-electron chi connectivity index (χ1n) is 7.64. The Kier molecular flexibility index (Phi) is 5.55. The first-order valence-corrected chi connectivity index (χ1v) is 8.52. The Morgan fingerprint density at radius 1 is 1.19 bits per heavy atom. The third-order valence-corrected chi connectivity index (χ3v) is 4.02. The molecule has 3 rings (SSSR count). The van der Waals surface area contributed by atoms with Crippen molar-refractivity contribution in [1.29, 1.82) is 0 Å². The van der Waals surface area contributed by atoms with Gasteiger partial charge in [-0.3, -0.25) is 9.78 Å². The van der Waals surface area contributed by atoms with E-state index < -0.39 is 6.36 Å². The summed E-state index contributed by atoms with van der Waals surface area (Å²) in [6.45, 7) is 0.147. The number of hydrogen-bond acceptors (Lipinski definition) is 6. The molecule has 0 saturated heterocycles. The van der Waals surface area contributed by atoms with E-state index in [-0.39, 0.29) is 23.9 Å². The topological polar surface area (TPSA) is 76.1 Å². The number of nitrogens with one attached hydrogen (secondary N) is 2. The maximum Gasteiger partial charge on any atom is 0.573 e. The van der Waals surface area contributed by atoms with Crippen LogP contribution in [0.1, 0.15) is 16.1 Å². The molecule has 0 aliphatic carbocycles. The highest BCUT2D eigenvalue weighted by Gasteiger charge is 2.30. The Hall–Kier alpha value is -3.14. The number of carbonyl (C=O) groups excluding carboxylic acids is 1. The van der Waals surface area contributed by atoms with Gasteiger partial charge in [-0.25, -0.2) is 4.98 Å². The van der Waals surface area contributed by atoms with Crippen LogP contribution in [0.5, 0.6) is 5.75 Å². The second kappa shape index (κ2) is 8.04. The van der Waals surface area contributed by atoms with Crippen LogP contribution in [0.25, 0.3) is 0 Å². The molecule has 6 nitrogen and oxygen atoms in total. The average Bonchev–Trinajstić information content (AvgIpc) is 3.09. The second-order valence-corrected chi connectivity index (χ2v) is 6.14. The monoisotopic (exact) mass is 394 g/mol. The quantitative estimate of drug-likeness (QED) is 0.658. The van der Waals surface area contributed by atoms with Crippen molar-refractivity contribution >= 4 is 28.1 Å². The predicted molar refractivity (Wildman–Crippen MR) is 93.9 cm³/mol. The van der Waals surface area contributed by atoms with E-state index in [9.17, 15) is 18.0 Å². The van der Waals surface area contributed by atoms with Crippen molar-refractivity contribution in [1.82, 2.24) is 15.3 Å². The zero-order chi connectivity index (χ0) is 19.3. The fourth-order valence-electron chi connectivity index (χ4n) is 2.08.